The van der Waals surface area contributed by atoms with Crippen LogP contribution in [0.5, 0.6) is 0 Å². The topological polar surface area (TPSA) is 59.3 Å². The van der Waals surface area contributed by atoms with E-state index in [0.717, 1.165) is 28.0 Å². The summed E-state index contributed by atoms with van der Waals surface area (Å²) in [5.74, 6) is -1.01. The summed E-state index contributed by atoms with van der Waals surface area (Å²) >= 11 is 1.02. The minimum absolute atomic E-state index is 0.244. The Morgan fingerprint density at radius 1 is 1.28 bits per heavy atom. The SMILES string of the molecule is Cc1cc(C)cc(-c2csc(=O)n2CC(=O)O)c1. The Labute approximate surface area is 108 Å². The summed E-state index contributed by atoms with van der Waals surface area (Å²) in [6.45, 7) is 3.65. The van der Waals surface area contributed by atoms with Crippen LogP contribution in [0.3, 0.4) is 0 Å². The normalized spacial score (nSPS) is 10.6. The minimum atomic E-state index is -1.01. The molecular weight excluding hydrogens is 250 g/mol. The Hall–Kier alpha value is -1.88. The van der Waals surface area contributed by atoms with Crippen molar-refractivity contribution in [1.29, 1.82) is 0 Å². The molecule has 0 bridgehead atoms. The first-order valence-corrected chi connectivity index (χ1v) is 6.34. The molecule has 1 N–H and O–H groups in total. The summed E-state index contributed by atoms with van der Waals surface area (Å²) < 4.78 is 1.29. The summed E-state index contributed by atoms with van der Waals surface area (Å²) in [5.41, 5.74) is 3.72. The molecule has 0 saturated carbocycles. The van der Waals surface area contributed by atoms with Crippen LogP contribution < -0.4 is 4.87 Å². The second-order valence-electron chi connectivity index (χ2n) is 4.24. The lowest BCUT2D eigenvalue weighted by Gasteiger charge is -2.07. The average Bonchev–Trinajstić information content (AvgIpc) is 2.58. The van der Waals surface area contributed by atoms with Gasteiger partial charge in [-0.05, 0) is 31.5 Å². The van der Waals surface area contributed by atoms with Gasteiger partial charge in [0, 0.05) is 5.38 Å². The second-order valence-corrected chi connectivity index (χ2v) is 5.06. The zero-order chi connectivity index (χ0) is 13.3. The summed E-state index contributed by atoms with van der Waals surface area (Å²) in [6, 6.07) is 5.94. The van der Waals surface area contributed by atoms with Crippen molar-refractivity contribution in [3.63, 3.8) is 0 Å². The highest BCUT2D eigenvalue weighted by atomic mass is 32.1. The number of hydrogen-bond donors (Lipinski definition) is 1. The number of rotatable bonds is 3. The fourth-order valence-corrected chi connectivity index (χ4v) is 2.73. The van der Waals surface area contributed by atoms with Gasteiger partial charge in [-0.1, -0.05) is 28.5 Å². The number of benzene rings is 1. The fraction of sp³-hybridized carbons (Fsp3) is 0.231. The average molecular weight is 263 g/mol. The molecule has 0 aliphatic carbocycles. The summed E-state index contributed by atoms with van der Waals surface area (Å²) in [6.07, 6.45) is 0. The Kier molecular flexibility index (Phi) is 3.34. The van der Waals surface area contributed by atoms with Gasteiger partial charge < -0.3 is 5.11 Å². The molecule has 0 atom stereocenters. The van der Waals surface area contributed by atoms with Gasteiger partial charge in [-0.2, -0.15) is 0 Å². The predicted octanol–water partition coefficient (Wildman–Crippen LogP) is 2.28. The molecule has 2 aromatic rings. The van der Waals surface area contributed by atoms with Gasteiger partial charge in [0.1, 0.15) is 6.54 Å². The monoisotopic (exact) mass is 263 g/mol. The molecule has 94 valence electrons. The van der Waals surface area contributed by atoms with Gasteiger partial charge >= 0.3 is 10.8 Å². The molecule has 0 aliphatic heterocycles. The molecule has 1 heterocycles. The Morgan fingerprint density at radius 2 is 1.89 bits per heavy atom. The van der Waals surface area contributed by atoms with E-state index in [1.54, 1.807) is 5.38 Å². The highest BCUT2D eigenvalue weighted by molar-refractivity contribution is 7.07. The zero-order valence-electron chi connectivity index (χ0n) is 10.1. The molecule has 1 aromatic carbocycles. The third kappa shape index (κ3) is 2.51. The van der Waals surface area contributed by atoms with Crippen LogP contribution in [0.1, 0.15) is 11.1 Å². The first-order chi connectivity index (χ1) is 8.47. The molecular formula is C13H13NO3S. The summed E-state index contributed by atoms with van der Waals surface area (Å²) in [4.78, 5) is 22.2. The first-order valence-electron chi connectivity index (χ1n) is 5.46. The van der Waals surface area contributed by atoms with Crippen LogP contribution in [0.15, 0.2) is 28.4 Å². The van der Waals surface area contributed by atoms with E-state index in [9.17, 15) is 9.59 Å². The molecule has 18 heavy (non-hydrogen) atoms. The number of carboxylic acid groups (broad SMARTS) is 1. The third-order valence-electron chi connectivity index (χ3n) is 2.59. The molecule has 0 radical (unpaired) electrons. The lowest BCUT2D eigenvalue weighted by molar-refractivity contribution is -0.137. The van der Waals surface area contributed by atoms with Crippen molar-refractivity contribution in [2.75, 3.05) is 0 Å². The van der Waals surface area contributed by atoms with Gasteiger partial charge in [0.2, 0.25) is 0 Å². The lowest BCUT2D eigenvalue weighted by Crippen LogP contribution is -2.19. The van der Waals surface area contributed by atoms with E-state index in [1.165, 1.54) is 4.57 Å². The van der Waals surface area contributed by atoms with Crippen molar-refractivity contribution in [1.82, 2.24) is 4.57 Å². The molecule has 2 rings (SSSR count). The van der Waals surface area contributed by atoms with Gasteiger partial charge in [0.15, 0.2) is 0 Å². The highest BCUT2D eigenvalue weighted by Gasteiger charge is 2.12. The maximum Gasteiger partial charge on any atom is 0.323 e. The number of hydrogen-bond acceptors (Lipinski definition) is 3. The molecule has 0 spiro atoms. The molecule has 0 amide bonds. The van der Waals surface area contributed by atoms with Crippen molar-refractivity contribution >= 4 is 17.3 Å². The van der Waals surface area contributed by atoms with Crippen molar-refractivity contribution in [2.45, 2.75) is 20.4 Å². The fourth-order valence-electron chi connectivity index (χ4n) is 1.96. The first kappa shape index (κ1) is 12.6. The third-order valence-corrected chi connectivity index (χ3v) is 3.36. The maximum atomic E-state index is 11.6. The van der Waals surface area contributed by atoms with Gasteiger partial charge in [0.05, 0.1) is 5.69 Å². The summed E-state index contributed by atoms with van der Waals surface area (Å²) in [7, 11) is 0. The van der Waals surface area contributed by atoms with E-state index in [1.807, 2.05) is 32.0 Å². The van der Waals surface area contributed by atoms with E-state index in [2.05, 4.69) is 0 Å². The summed E-state index contributed by atoms with van der Waals surface area (Å²) in [5, 5.41) is 10.5. The van der Waals surface area contributed by atoms with E-state index in [4.69, 9.17) is 5.11 Å². The van der Waals surface area contributed by atoms with Crippen molar-refractivity contribution in [3.05, 3.63) is 44.4 Å². The van der Waals surface area contributed by atoms with Crippen LogP contribution in [0.25, 0.3) is 11.3 Å². The molecule has 0 fully saturated rings. The van der Waals surface area contributed by atoms with Gasteiger partial charge in [-0.25, -0.2) is 0 Å². The molecule has 0 saturated heterocycles. The van der Waals surface area contributed by atoms with Crippen LogP contribution in [-0.2, 0) is 11.3 Å². The van der Waals surface area contributed by atoms with Crippen LogP contribution in [0, 0.1) is 13.8 Å². The zero-order valence-corrected chi connectivity index (χ0v) is 11.0. The number of carboxylic acids is 1. The largest absolute Gasteiger partial charge is 0.480 e. The predicted molar refractivity (Wildman–Crippen MR) is 71.1 cm³/mol. The minimum Gasteiger partial charge on any atom is -0.480 e. The van der Waals surface area contributed by atoms with E-state index < -0.39 is 5.97 Å². The second kappa shape index (κ2) is 4.78. The van der Waals surface area contributed by atoms with Gasteiger partial charge in [0.25, 0.3) is 0 Å². The van der Waals surface area contributed by atoms with Crippen LogP contribution in [-0.4, -0.2) is 15.6 Å². The lowest BCUT2D eigenvalue weighted by atomic mass is 10.1. The molecule has 0 aliphatic rings. The number of aliphatic carboxylic acids is 1. The van der Waals surface area contributed by atoms with Gasteiger partial charge in [-0.3, -0.25) is 14.2 Å². The van der Waals surface area contributed by atoms with E-state index >= 15 is 0 Å². The molecule has 5 heteroatoms. The number of aromatic nitrogens is 1. The maximum absolute atomic E-state index is 11.6. The number of aryl methyl sites for hydroxylation is 2. The van der Waals surface area contributed by atoms with Crippen LogP contribution >= 0.6 is 11.3 Å². The Balaban J connectivity index is 2.57. The molecule has 1 aromatic heterocycles. The smallest absolute Gasteiger partial charge is 0.323 e. The highest BCUT2D eigenvalue weighted by Crippen LogP contribution is 2.22. The standard InChI is InChI=1S/C13H13NO3S/c1-8-3-9(2)5-10(4-8)11-7-18-13(17)14(11)6-12(15)16/h3-5,7H,6H2,1-2H3,(H,15,16). The quantitative estimate of drug-likeness (QED) is 0.924. The van der Waals surface area contributed by atoms with Gasteiger partial charge in [-0.15, -0.1) is 0 Å². The molecule has 4 nitrogen and oxygen atoms in total. The van der Waals surface area contributed by atoms with E-state index in [0.29, 0.717) is 5.69 Å². The Bertz CT molecular complexity index is 634. The van der Waals surface area contributed by atoms with Crippen LogP contribution in [0.4, 0.5) is 0 Å². The number of nitrogens with zero attached hydrogens (tertiary/aromatic N) is 1. The van der Waals surface area contributed by atoms with Crippen molar-refractivity contribution in [2.24, 2.45) is 0 Å². The molecule has 0 unspecified atom stereocenters. The van der Waals surface area contributed by atoms with E-state index in [-0.39, 0.29) is 11.4 Å². The Morgan fingerprint density at radius 3 is 2.44 bits per heavy atom. The van der Waals surface area contributed by atoms with Crippen molar-refractivity contribution < 1.29 is 9.90 Å². The van der Waals surface area contributed by atoms with Crippen LogP contribution in [0.2, 0.25) is 0 Å². The van der Waals surface area contributed by atoms with Crippen molar-refractivity contribution in [3.8, 4) is 11.3 Å². The number of thiazole rings is 1. The number of carbonyl (C=O) groups is 1.